The van der Waals surface area contributed by atoms with Crippen molar-refractivity contribution in [3.8, 4) is 0 Å². The zero-order valence-electron chi connectivity index (χ0n) is 10.2. The Hall–Kier alpha value is -1.10. The first-order valence-corrected chi connectivity index (χ1v) is 5.82. The number of hydrogen-bond acceptors (Lipinski definition) is 4. The predicted molar refractivity (Wildman–Crippen MR) is 59.4 cm³/mol. The molecule has 92 valence electrons. The number of nitrogens with one attached hydrogen (secondary N) is 1. The average Bonchev–Trinajstić information content (AvgIpc) is 2.23. The number of rotatable bonds is 2. The third kappa shape index (κ3) is 3.20. The molecule has 0 aromatic heterocycles. The minimum Gasteiger partial charge on any atom is -0.459 e. The first kappa shape index (κ1) is 13.0. The Balaban J connectivity index is 2.51. The van der Waals surface area contributed by atoms with Crippen molar-refractivity contribution in [2.75, 3.05) is 6.61 Å². The molecule has 1 aliphatic heterocycles. The fraction of sp³-hybridized carbons (Fsp3) is 0.818. The summed E-state index contributed by atoms with van der Waals surface area (Å²) >= 11 is 0. The maximum Gasteiger partial charge on any atom is 0.398 e. The Morgan fingerprint density at radius 2 is 1.88 bits per heavy atom. The van der Waals surface area contributed by atoms with Gasteiger partial charge in [0.1, 0.15) is 0 Å². The highest BCUT2D eigenvalue weighted by Crippen LogP contribution is 2.19. The molecule has 0 aromatic carbocycles. The highest BCUT2D eigenvalue weighted by Gasteiger charge is 2.28. The van der Waals surface area contributed by atoms with Crippen LogP contribution in [0.5, 0.6) is 0 Å². The van der Waals surface area contributed by atoms with Crippen LogP contribution in [0, 0.1) is 0 Å². The number of hydrazine groups is 1. The van der Waals surface area contributed by atoms with Gasteiger partial charge in [-0.3, -0.25) is 10.2 Å². The molecule has 0 aliphatic carbocycles. The Morgan fingerprint density at radius 3 is 2.38 bits per heavy atom. The molecule has 1 amide bonds. The van der Waals surface area contributed by atoms with E-state index in [1.807, 2.05) is 18.9 Å². The molecule has 1 saturated heterocycles. The summed E-state index contributed by atoms with van der Waals surface area (Å²) in [6, 6.07) is 0.532. The molecule has 1 heterocycles. The summed E-state index contributed by atoms with van der Waals surface area (Å²) in [7, 11) is 0. The Labute approximate surface area is 96.1 Å². The van der Waals surface area contributed by atoms with Gasteiger partial charge in [-0.2, -0.15) is 0 Å². The molecule has 0 saturated carbocycles. The summed E-state index contributed by atoms with van der Waals surface area (Å²) in [5.74, 6) is -1.49. The lowest BCUT2D eigenvalue weighted by Gasteiger charge is -2.38. The predicted octanol–water partition coefficient (Wildman–Crippen LogP) is 0.844. The molecule has 1 fully saturated rings. The van der Waals surface area contributed by atoms with Gasteiger partial charge in [-0.15, -0.1) is 0 Å². The number of piperidine rings is 1. The van der Waals surface area contributed by atoms with Crippen LogP contribution in [0.1, 0.15) is 40.0 Å². The first-order chi connectivity index (χ1) is 7.56. The number of esters is 1. The van der Waals surface area contributed by atoms with Gasteiger partial charge in [-0.1, -0.05) is 6.42 Å². The van der Waals surface area contributed by atoms with Gasteiger partial charge in [-0.05, 0) is 33.6 Å². The van der Waals surface area contributed by atoms with E-state index in [1.165, 1.54) is 0 Å². The van der Waals surface area contributed by atoms with Crippen LogP contribution in [0.15, 0.2) is 0 Å². The molecule has 1 rings (SSSR count). The molecular weight excluding hydrogens is 208 g/mol. The lowest BCUT2D eigenvalue weighted by atomic mass is 10.00. The van der Waals surface area contributed by atoms with Crippen molar-refractivity contribution >= 4 is 11.9 Å². The van der Waals surface area contributed by atoms with E-state index in [0.29, 0.717) is 0 Å². The van der Waals surface area contributed by atoms with Gasteiger partial charge in [0.05, 0.1) is 6.61 Å². The Bertz CT molecular complexity index is 258. The molecule has 2 unspecified atom stereocenters. The number of carbonyl (C=O) groups is 2. The molecule has 1 aliphatic rings. The van der Waals surface area contributed by atoms with Gasteiger partial charge in [0.25, 0.3) is 0 Å². The zero-order valence-corrected chi connectivity index (χ0v) is 10.2. The second-order valence-electron chi connectivity index (χ2n) is 4.20. The normalized spacial score (nSPS) is 26.2. The van der Waals surface area contributed by atoms with Crippen LogP contribution in [0.2, 0.25) is 0 Å². The van der Waals surface area contributed by atoms with Gasteiger partial charge < -0.3 is 4.74 Å². The number of hydrogen-bond donors (Lipinski definition) is 1. The summed E-state index contributed by atoms with van der Waals surface area (Å²) in [4.78, 5) is 22.6. The van der Waals surface area contributed by atoms with E-state index in [1.54, 1.807) is 6.92 Å². The van der Waals surface area contributed by atoms with Crippen LogP contribution < -0.4 is 5.43 Å². The van der Waals surface area contributed by atoms with Crippen LogP contribution in [-0.2, 0) is 14.3 Å². The fourth-order valence-electron chi connectivity index (χ4n) is 2.00. The van der Waals surface area contributed by atoms with Gasteiger partial charge in [0, 0.05) is 12.1 Å². The molecule has 0 aromatic rings. The van der Waals surface area contributed by atoms with Crippen molar-refractivity contribution < 1.29 is 14.3 Å². The Morgan fingerprint density at radius 1 is 1.31 bits per heavy atom. The molecule has 0 radical (unpaired) electrons. The molecule has 5 nitrogen and oxygen atoms in total. The van der Waals surface area contributed by atoms with Crippen LogP contribution in [-0.4, -0.2) is 35.6 Å². The van der Waals surface area contributed by atoms with Gasteiger partial charge >= 0.3 is 11.9 Å². The first-order valence-electron chi connectivity index (χ1n) is 5.82. The number of ether oxygens (including phenoxy) is 1. The maximum atomic E-state index is 11.5. The van der Waals surface area contributed by atoms with Crippen molar-refractivity contribution in [2.24, 2.45) is 0 Å². The van der Waals surface area contributed by atoms with Crippen molar-refractivity contribution in [3.05, 3.63) is 0 Å². The topological polar surface area (TPSA) is 58.6 Å². The second-order valence-corrected chi connectivity index (χ2v) is 4.20. The van der Waals surface area contributed by atoms with Crippen LogP contribution in [0.3, 0.4) is 0 Å². The minimum atomic E-state index is -0.813. The molecule has 2 atom stereocenters. The monoisotopic (exact) mass is 228 g/mol. The van der Waals surface area contributed by atoms with E-state index in [0.717, 1.165) is 19.3 Å². The molecule has 0 bridgehead atoms. The van der Waals surface area contributed by atoms with E-state index in [2.05, 4.69) is 10.2 Å². The summed E-state index contributed by atoms with van der Waals surface area (Å²) in [6.45, 7) is 5.98. The van der Waals surface area contributed by atoms with Crippen molar-refractivity contribution in [3.63, 3.8) is 0 Å². The maximum absolute atomic E-state index is 11.5. The van der Waals surface area contributed by atoms with Crippen molar-refractivity contribution in [1.82, 2.24) is 10.4 Å². The smallest absolute Gasteiger partial charge is 0.398 e. The molecular formula is C11H20N2O3. The van der Waals surface area contributed by atoms with Crippen LogP contribution >= 0.6 is 0 Å². The number of carbonyl (C=O) groups excluding carboxylic acids is 2. The molecule has 16 heavy (non-hydrogen) atoms. The van der Waals surface area contributed by atoms with E-state index in [-0.39, 0.29) is 18.7 Å². The largest absolute Gasteiger partial charge is 0.459 e. The summed E-state index contributed by atoms with van der Waals surface area (Å²) in [6.07, 6.45) is 3.23. The summed E-state index contributed by atoms with van der Waals surface area (Å²) < 4.78 is 4.64. The zero-order chi connectivity index (χ0) is 12.1. The van der Waals surface area contributed by atoms with Crippen LogP contribution in [0.25, 0.3) is 0 Å². The van der Waals surface area contributed by atoms with E-state index >= 15 is 0 Å². The SMILES string of the molecule is CCOC(=O)C(=O)NN1C(C)CCCC1C. The summed E-state index contributed by atoms with van der Waals surface area (Å²) in [5.41, 5.74) is 2.62. The average molecular weight is 228 g/mol. The third-order valence-electron chi connectivity index (χ3n) is 2.89. The molecule has 0 spiro atoms. The second kappa shape index (κ2) is 5.84. The third-order valence-corrected chi connectivity index (χ3v) is 2.89. The van der Waals surface area contributed by atoms with Crippen molar-refractivity contribution in [1.29, 1.82) is 0 Å². The molecule has 1 N–H and O–H groups in total. The lowest BCUT2D eigenvalue weighted by molar-refractivity contribution is -0.158. The summed E-state index contributed by atoms with van der Waals surface area (Å²) in [5, 5.41) is 1.85. The van der Waals surface area contributed by atoms with Gasteiger partial charge in [0.15, 0.2) is 0 Å². The quantitative estimate of drug-likeness (QED) is 0.562. The Kier molecular flexibility index (Phi) is 4.73. The highest BCUT2D eigenvalue weighted by atomic mass is 16.5. The van der Waals surface area contributed by atoms with Gasteiger partial charge in [0.2, 0.25) is 0 Å². The van der Waals surface area contributed by atoms with E-state index in [4.69, 9.17) is 0 Å². The van der Waals surface area contributed by atoms with Crippen molar-refractivity contribution in [2.45, 2.75) is 52.1 Å². The lowest BCUT2D eigenvalue weighted by Crippen LogP contribution is -2.55. The number of nitrogens with zero attached hydrogens (tertiary/aromatic N) is 1. The fourth-order valence-corrected chi connectivity index (χ4v) is 2.00. The van der Waals surface area contributed by atoms with Gasteiger partial charge in [-0.25, -0.2) is 9.80 Å². The van der Waals surface area contributed by atoms with E-state index in [9.17, 15) is 9.59 Å². The van der Waals surface area contributed by atoms with E-state index < -0.39 is 11.9 Å². The minimum absolute atomic E-state index is 0.220. The standard InChI is InChI=1S/C11H20N2O3/c1-4-16-11(15)10(14)12-13-8(2)6-5-7-9(13)3/h8-9H,4-7H2,1-3H3,(H,12,14). The number of amides is 1. The highest BCUT2D eigenvalue weighted by molar-refractivity contribution is 6.32. The van der Waals surface area contributed by atoms with Crippen LogP contribution in [0.4, 0.5) is 0 Å². The molecule has 5 heteroatoms.